The monoisotopic (exact) mass is 316 g/mol. The van der Waals surface area contributed by atoms with Gasteiger partial charge in [-0.1, -0.05) is 24.3 Å². The maximum absolute atomic E-state index is 11.1. The third-order valence-electron chi connectivity index (χ3n) is 2.97. The van der Waals surface area contributed by atoms with E-state index in [1.54, 1.807) is 43.4 Å². The van der Waals surface area contributed by atoms with E-state index in [1.165, 1.54) is 14.2 Å². The summed E-state index contributed by atoms with van der Waals surface area (Å²) in [6.45, 7) is 0. The topological polar surface area (TPSA) is 90.6 Å². The quantitative estimate of drug-likeness (QED) is 0.668. The van der Waals surface area contributed by atoms with Gasteiger partial charge in [0.2, 0.25) is 0 Å². The minimum atomic E-state index is -0.400. The first-order valence-electron chi connectivity index (χ1n) is 6.83. The molecule has 0 bridgehead atoms. The molecule has 122 valence electrons. The summed E-state index contributed by atoms with van der Waals surface area (Å²) in [6, 6.07) is 14.0. The van der Waals surface area contributed by atoms with Crippen LogP contribution >= 0.6 is 0 Å². The normalized spacial score (nSPS) is 9.17. The van der Waals surface area contributed by atoms with E-state index in [1.807, 2.05) is 12.1 Å². The number of nitrogen functional groups attached to an aromatic ring is 1. The molecule has 2 aromatic rings. The van der Waals surface area contributed by atoms with Gasteiger partial charge in [-0.25, -0.2) is 9.59 Å². The molecule has 0 amide bonds. The van der Waals surface area contributed by atoms with E-state index >= 15 is 0 Å². The van der Waals surface area contributed by atoms with Crippen molar-refractivity contribution in [1.29, 1.82) is 0 Å². The number of nitrogens with two attached hydrogens (primary N) is 1. The second-order valence-corrected chi connectivity index (χ2v) is 4.37. The van der Waals surface area contributed by atoms with Crippen molar-refractivity contribution in [3.63, 3.8) is 0 Å². The van der Waals surface area contributed by atoms with Crippen molar-refractivity contribution in [3.05, 3.63) is 59.7 Å². The molecule has 6 heteroatoms. The van der Waals surface area contributed by atoms with Crippen LogP contribution in [-0.2, 0) is 9.47 Å². The lowest BCUT2D eigenvalue weighted by Gasteiger charge is -2.05. The fourth-order valence-corrected chi connectivity index (χ4v) is 1.78. The Kier molecular flexibility index (Phi) is 7.13. The fourth-order valence-electron chi connectivity index (χ4n) is 1.78. The number of hydrogen-bond donors (Lipinski definition) is 2. The van der Waals surface area contributed by atoms with Gasteiger partial charge < -0.3 is 20.5 Å². The highest BCUT2D eigenvalue weighted by atomic mass is 16.5. The molecule has 0 aliphatic carbocycles. The number of ether oxygens (including phenoxy) is 2. The lowest BCUT2D eigenvalue weighted by Crippen LogP contribution is -2.04. The summed E-state index contributed by atoms with van der Waals surface area (Å²) in [5.74, 6) is -0.719. The van der Waals surface area contributed by atoms with Crippen LogP contribution in [0.4, 0.5) is 11.4 Å². The van der Waals surface area contributed by atoms with Crippen LogP contribution in [0.25, 0.3) is 0 Å². The molecule has 0 heterocycles. The largest absolute Gasteiger partial charge is 0.465 e. The van der Waals surface area contributed by atoms with Crippen molar-refractivity contribution in [2.45, 2.75) is 0 Å². The molecule has 0 radical (unpaired) electrons. The number of rotatable bonds is 3. The number of esters is 2. The summed E-state index contributed by atoms with van der Waals surface area (Å²) in [7, 11) is 4.46. The van der Waals surface area contributed by atoms with Gasteiger partial charge in [-0.15, -0.1) is 0 Å². The average molecular weight is 316 g/mol. The maximum atomic E-state index is 11.1. The first-order valence-corrected chi connectivity index (χ1v) is 6.83. The van der Waals surface area contributed by atoms with Crippen LogP contribution in [0.5, 0.6) is 0 Å². The molecule has 3 N–H and O–H groups in total. The van der Waals surface area contributed by atoms with Gasteiger partial charge in [0.1, 0.15) is 0 Å². The van der Waals surface area contributed by atoms with E-state index in [-0.39, 0.29) is 5.97 Å². The van der Waals surface area contributed by atoms with E-state index in [9.17, 15) is 9.59 Å². The SMILES string of the molecule is CNc1ccccc1C(=O)OC.COC(=O)c1ccccc1N. The number of nitrogens with one attached hydrogen (secondary N) is 1. The molecule has 6 nitrogen and oxygen atoms in total. The molecule has 0 atom stereocenters. The summed E-state index contributed by atoms with van der Waals surface area (Å²) in [5.41, 5.74) is 7.69. The van der Waals surface area contributed by atoms with Gasteiger partial charge in [0, 0.05) is 18.4 Å². The van der Waals surface area contributed by atoms with Gasteiger partial charge >= 0.3 is 11.9 Å². The summed E-state index contributed by atoms with van der Waals surface area (Å²) < 4.78 is 9.10. The number of carbonyl (C=O) groups is 2. The molecule has 0 aliphatic rings. The molecular weight excluding hydrogens is 296 g/mol. The van der Waals surface area contributed by atoms with E-state index in [0.717, 1.165) is 5.69 Å². The Morgan fingerprint density at radius 3 is 1.87 bits per heavy atom. The first-order chi connectivity index (χ1) is 11.0. The predicted octanol–water partition coefficient (Wildman–Crippen LogP) is 2.57. The van der Waals surface area contributed by atoms with Gasteiger partial charge in [0.25, 0.3) is 0 Å². The number of methoxy groups -OCH3 is 2. The highest BCUT2D eigenvalue weighted by Crippen LogP contribution is 2.14. The van der Waals surface area contributed by atoms with Crippen LogP contribution < -0.4 is 11.1 Å². The van der Waals surface area contributed by atoms with Crippen molar-refractivity contribution in [2.75, 3.05) is 32.3 Å². The molecule has 23 heavy (non-hydrogen) atoms. The Morgan fingerprint density at radius 2 is 1.35 bits per heavy atom. The molecule has 0 spiro atoms. The smallest absolute Gasteiger partial charge is 0.339 e. The maximum Gasteiger partial charge on any atom is 0.339 e. The molecule has 2 aromatic carbocycles. The Morgan fingerprint density at radius 1 is 0.870 bits per heavy atom. The highest BCUT2D eigenvalue weighted by Gasteiger charge is 2.08. The fraction of sp³-hybridized carbons (Fsp3) is 0.176. The van der Waals surface area contributed by atoms with E-state index in [4.69, 9.17) is 5.73 Å². The zero-order valence-corrected chi connectivity index (χ0v) is 13.3. The molecule has 2 rings (SSSR count). The Balaban J connectivity index is 0.000000231. The highest BCUT2D eigenvalue weighted by molar-refractivity contribution is 5.95. The van der Waals surface area contributed by atoms with Gasteiger partial charge in [-0.3, -0.25) is 0 Å². The molecule has 0 unspecified atom stereocenters. The minimum absolute atomic E-state index is 0.319. The number of para-hydroxylation sites is 2. The predicted molar refractivity (Wildman–Crippen MR) is 89.5 cm³/mol. The summed E-state index contributed by atoms with van der Waals surface area (Å²) in [4.78, 5) is 22.1. The van der Waals surface area contributed by atoms with Gasteiger partial charge in [0.15, 0.2) is 0 Å². The summed E-state index contributed by atoms with van der Waals surface area (Å²) in [6.07, 6.45) is 0. The second kappa shape index (κ2) is 9.09. The third-order valence-corrected chi connectivity index (χ3v) is 2.97. The minimum Gasteiger partial charge on any atom is -0.465 e. The molecule has 0 saturated carbocycles. The summed E-state index contributed by atoms with van der Waals surface area (Å²) >= 11 is 0. The second-order valence-electron chi connectivity index (χ2n) is 4.37. The van der Waals surface area contributed by atoms with Crippen LogP contribution in [0, 0.1) is 0 Å². The third kappa shape index (κ3) is 5.03. The van der Waals surface area contributed by atoms with Crippen LogP contribution in [0.2, 0.25) is 0 Å². The Bertz CT molecular complexity index is 671. The van der Waals surface area contributed by atoms with Crippen molar-refractivity contribution in [3.8, 4) is 0 Å². The van der Waals surface area contributed by atoms with Crippen LogP contribution in [0.1, 0.15) is 20.7 Å². The number of carbonyl (C=O) groups excluding carboxylic acids is 2. The summed E-state index contributed by atoms with van der Waals surface area (Å²) in [5, 5.41) is 2.91. The van der Waals surface area contributed by atoms with Crippen molar-refractivity contribution in [2.24, 2.45) is 0 Å². The number of benzene rings is 2. The molecular formula is C17H20N2O4. The van der Waals surface area contributed by atoms with Gasteiger partial charge in [-0.2, -0.15) is 0 Å². The molecule has 0 saturated heterocycles. The Labute approximate surface area is 135 Å². The van der Waals surface area contributed by atoms with Gasteiger partial charge in [-0.05, 0) is 24.3 Å². The Hall–Kier alpha value is -3.02. The van der Waals surface area contributed by atoms with Crippen LogP contribution in [-0.4, -0.2) is 33.2 Å². The lowest BCUT2D eigenvalue weighted by molar-refractivity contribution is 0.0593. The van der Waals surface area contributed by atoms with Crippen molar-refractivity contribution >= 4 is 23.3 Å². The van der Waals surface area contributed by atoms with E-state index < -0.39 is 5.97 Å². The molecule has 0 aromatic heterocycles. The molecule has 0 aliphatic heterocycles. The van der Waals surface area contributed by atoms with E-state index in [0.29, 0.717) is 16.8 Å². The van der Waals surface area contributed by atoms with Crippen LogP contribution in [0.3, 0.4) is 0 Å². The average Bonchev–Trinajstić information content (AvgIpc) is 2.61. The number of anilines is 2. The van der Waals surface area contributed by atoms with Crippen LogP contribution in [0.15, 0.2) is 48.5 Å². The first kappa shape index (κ1) is 18.0. The van der Waals surface area contributed by atoms with E-state index in [2.05, 4.69) is 14.8 Å². The standard InChI is InChI=1S/C9H11NO2.C8H9NO2/c1-10-8-6-4-3-5-7(8)9(11)12-2;1-11-8(10)6-4-2-3-5-7(6)9/h3-6,10H,1-2H3;2-5H,9H2,1H3. The zero-order chi connectivity index (χ0) is 17.2. The zero-order valence-electron chi connectivity index (χ0n) is 13.3. The van der Waals surface area contributed by atoms with Crippen molar-refractivity contribution < 1.29 is 19.1 Å². The number of hydrogen-bond acceptors (Lipinski definition) is 6. The lowest BCUT2D eigenvalue weighted by atomic mass is 10.2. The molecule has 0 fully saturated rings. The van der Waals surface area contributed by atoms with Gasteiger partial charge in [0.05, 0.1) is 25.3 Å². The van der Waals surface area contributed by atoms with Crippen molar-refractivity contribution in [1.82, 2.24) is 0 Å².